The zero-order valence-electron chi connectivity index (χ0n) is 15.2. The fraction of sp³-hybridized carbons (Fsp3) is 0.333. The van der Waals surface area contributed by atoms with Crippen molar-refractivity contribution in [2.75, 3.05) is 0 Å². The molecule has 0 radical (unpaired) electrons. The van der Waals surface area contributed by atoms with Crippen molar-refractivity contribution in [1.82, 2.24) is 5.32 Å². The number of amides is 1. The highest BCUT2D eigenvalue weighted by atomic mass is 16.6. The quantitative estimate of drug-likeness (QED) is 0.846. The molecule has 4 nitrogen and oxygen atoms in total. The molecule has 1 amide bonds. The number of carbonyl (C=O) groups is 2. The van der Waals surface area contributed by atoms with E-state index in [2.05, 4.69) is 5.32 Å². The van der Waals surface area contributed by atoms with Gasteiger partial charge >= 0.3 is 5.97 Å². The number of hydrogen-bond donors (Lipinski definition) is 1. The first-order chi connectivity index (χ1) is 11.7. The molecule has 132 valence electrons. The molecule has 0 fully saturated rings. The van der Waals surface area contributed by atoms with E-state index in [0.717, 1.165) is 11.1 Å². The Balaban J connectivity index is 2.17. The molecule has 0 spiro atoms. The van der Waals surface area contributed by atoms with Gasteiger partial charge in [0.2, 0.25) is 0 Å². The topological polar surface area (TPSA) is 55.4 Å². The largest absolute Gasteiger partial charge is 0.458 e. The number of nitrogens with one attached hydrogen (secondary N) is 1. The van der Waals surface area contributed by atoms with E-state index in [4.69, 9.17) is 4.74 Å². The highest BCUT2D eigenvalue weighted by Gasteiger charge is 2.27. The lowest BCUT2D eigenvalue weighted by Gasteiger charge is -2.24. The van der Waals surface area contributed by atoms with E-state index < -0.39 is 17.6 Å². The Hall–Kier alpha value is -2.62. The van der Waals surface area contributed by atoms with Gasteiger partial charge < -0.3 is 10.1 Å². The van der Waals surface area contributed by atoms with Crippen LogP contribution in [0.15, 0.2) is 54.6 Å². The van der Waals surface area contributed by atoms with Crippen molar-refractivity contribution in [2.45, 2.75) is 45.8 Å². The van der Waals surface area contributed by atoms with Crippen molar-refractivity contribution in [2.24, 2.45) is 0 Å². The Morgan fingerprint density at radius 3 is 2.16 bits per heavy atom. The minimum Gasteiger partial charge on any atom is -0.458 e. The number of rotatable bonds is 5. The number of hydrogen-bond acceptors (Lipinski definition) is 3. The standard InChI is InChI=1S/C21H25NO3/c1-15-10-12-16(13-11-15)14-18(20(24)25-21(2,3)4)22-19(23)17-8-6-5-7-9-17/h5-13,18H,14H2,1-4H3,(H,22,23)/t18-/m0/s1. The summed E-state index contributed by atoms with van der Waals surface area (Å²) in [5, 5.41) is 2.81. The number of esters is 1. The lowest BCUT2D eigenvalue weighted by molar-refractivity contribution is -0.157. The van der Waals surface area contributed by atoms with Gasteiger partial charge in [0.25, 0.3) is 5.91 Å². The average Bonchev–Trinajstić information content (AvgIpc) is 2.55. The van der Waals surface area contributed by atoms with E-state index in [1.165, 1.54) is 0 Å². The Labute approximate surface area is 149 Å². The van der Waals surface area contributed by atoms with Crippen LogP contribution in [-0.4, -0.2) is 23.5 Å². The predicted molar refractivity (Wildman–Crippen MR) is 98.4 cm³/mol. The van der Waals surface area contributed by atoms with Crippen LogP contribution < -0.4 is 5.32 Å². The van der Waals surface area contributed by atoms with E-state index in [0.29, 0.717) is 12.0 Å². The molecule has 0 saturated heterocycles. The molecule has 1 N–H and O–H groups in total. The van der Waals surface area contributed by atoms with Gasteiger partial charge in [-0.15, -0.1) is 0 Å². The summed E-state index contributed by atoms with van der Waals surface area (Å²) in [5.74, 6) is -0.721. The Bertz CT molecular complexity index is 715. The van der Waals surface area contributed by atoms with Crippen LogP contribution in [-0.2, 0) is 16.0 Å². The molecule has 0 aliphatic rings. The maximum Gasteiger partial charge on any atom is 0.329 e. The summed E-state index contributed by atoms with van der Waals surface area (Å²) in [7, 11) is 0. The van der Waals surface area contributed by atoms with E-state index >= 15 is 0 Å². The van der Waals surface area contributed by atoms with Crippen LogP contribution in [0.3, 0.4) is 0 Å². The molecule has 4 heteroatoms. The van der Waals surface area contributed by atoms with Crippen LogP contribution >= 0.6 is 0 Å². The molecule has 0 unspecified atom stereocenters. The van der Waals surface area contributed by atoms with Gasteiger partial charge in [-0.3, -0.25) is 4.79 Å². The van der Waals surface area contributed by atoms with Gasteiger partial charge in [0.15, 0.2) is 0 Å². The molecule has 0 heterocycles. The third kappa shape index (κ3) is 6.07. The predicted octanol–water partition coefficient (Wildman–Crippen LogP) is 3.68. The summed E-state index contributed by atoms with van der Waals surface area (Å²) in [5.41, 5.74) is 2.01. The van der Waals surface area contributed by atoms with Crippen molar-refractivity contribution in [3.05, 3.63) is 71.3 Å². The van der Waals surface area contributed by atoms with Gasteiger partial charge in [-0.25, -0.2) is 4.79 Å². The smallest absolute Gasteiger partial charge is 0.329 e. The lowest BCUT2D eigenvalue weighted by Crippen LogP contribution is -2.45. The van der Waals surface area contributed by atoms with Gasteiger partial charge in [-0.1, -0.05) is 48.0 Å². The summed E-state index contributed by atoms with van der Waals surface area (Å²) in [4.78, 5) is 25.0. The van der Waals surface area contributed by atoms with Gasteiger partial charge in [-0.05, 0) is 45.4 Å². The number of ether oxygens (including phenoxy) is 1. The molecule has 0 bridgehead atoms. The van der Waals surface area contributed by atoms with Crippen LogP contribution in [0, 0.1) is 6.92 Å². The highest BCUT2D eigenvalue weighted by molar-refractivity contribution is 5.96. The van der Waals surface area contributed by atoms with Crippen molar-refractivity contribution in [1.29, 1.82) is 0 Å². The fourth-order valence-corrected chi connectivity index (χ4v) is 2.36. The Morgan fingerprint density at radius 1 is 1.00 bits per heavy atom. The first-order valence-electron chi connectivity index (χ1n) is 8.39. The molecule has 0 aliphatic heterocycles. The summed E-state index contributed by atoms with van der Waals surface area (Å²) in [6.07, 6.45) is 0.383. The van der Waals surface area contributed by atoms with Crippen LogP contribution in [0.25, 0.3) is 0 Å². The molecular weight excluding hydrogens is 314 g/mol. The molecular formula is C21H25NO3. The maximum atomic E-state index is 12.6. The monoisotopic (exact) mass is 339 g/mol. The molecule has 1 atom stereocenters. The van der Waals surface area contributed by atoms with E-state index in [1.807, 2.05) is 58.0 Å². The Kier molecular flexibility index (Phi) is 5.97. The Morgan fingerprint density at radius 2 is 1.60 bits per heavy atom. The van der Waals surface area contributed by atoms with Crippen LogP contribution in [0.1, 0.15) is 42.3 Å². The first kappa shape index (κ1) is 18.7. The van der Waals surface area contributed by atoms with Crippen LogP contribution in [0.2, 0.25) is 0 Å². The van der Waals surface area contributed by atoms with Gasteiger partial charge in [-0.2, -0.15) is 0 Å². The fourth-order valence-electron chi connectivity index (χ4n) is 2.36. The molecule has 2 aromatic carbocycles. The normalized spacial score (nSPS) is 12.3. The SMILES string of the molecule is Cc1ccc(C[C@H](NC(=O)c2ccccc2)C(=O)OC(C)(C)C)cc1. The second-order valence-corrected chi connectivity index (χ2v) is 7.12. The van der Waals surface area contributed by atoms with Crippen molar-refractivity contribution in [3.63, 3.8) is 0 Å². The van der Waals surface area contributed by atoms with E-state index in [-0.39, 0.29) is 5.91 Å². The summed E-state index contributed by atoms with van der Waals surface area (Å²) >= 11 is 0. The summed E-state index contributed by atoms with van der Waals surface area (Å²) in [6, 6.07) is 16.0. The van der Waals surface area contributed by atoms with Gasteiger partial charge in [0.05, 0.1) is 0 Å². The van der Waals surface area contributed by atoms with Crippen LogP contribution in [0.5, 0.6) is 0 Å². The molecule has 2 aromatic rings. The molecule has 0 aliphatic carbocycles. The van der Waals surface area contributed by atoms with Crippen molar-refractivity contribution < 1.29 is 14.3 Å². The zero-order chi connectivity index (χ0) is 18.4. The number of benzene rings is 2. The third-order valence-electron chi connectivity index (χ3n) is 3.59. The molecule has 0 aromatic heterocycles. The zero-order valence-corrected chi connectivity index (χ0v) is 15.2. The summed E-state index contributed by atoms with van der Waals surface area (Å²) in [6.45, 7) is 7.44. The van der Waals surface area contributed by atoms with E-state index in [9.17, 15) is 9.59 Å². The third-order valence-corrected chi connectivity index (χ3v) is 3.59. The average molecular weight is 339 g/mol. The molecule has 2 rings (SSSR count). The van der Waals surface area contributed by atoms with Gasteiger partial charge in [0, 0.05) is 12.0 Å². The number of carbonyl (C=O) groups excluding carboxylic acids is 2. The summed E-state index contributed by atoms with van der Waals surface area (Å²) < 4.78 is 5.48. The minimum absolute atomic E-state index is 0.288. The molecule has 0 saturated carbocycles. The first-order valence-corrected chi connectivity index (χ1v) is 8.39. The van der Waals surface area contributed by atoms with Crippen molar-refractivity contribution >= 4 is 11.9 Å². The maximum absolute atomic E-state index is 12.6. The lowest BCUT2D eigenvalue weighted by atomic mass is 10.0. The highest BCUT2D eigenvalue weighted by Crippen LogP contribution is 2.13. The number of aryl methyl sites for hydroxylation is 1. The second kappa shape index (κ2) is 7.97. The van der Waals surface area contributed by atoms with E-state index in [1.54, 1.807) is 24.3 Å². The van der Waals surface area contributed by atoms with Crippen molar-refractivity contribution in [3.8, 4) is 0 Å². The van der Waals surface area contributed by atoms with Crippen LogP contribution in [0.4, 0.5) is 0 Å². The van der Waals surface area contributed by atoms with Gasteiger partial charge in [0.1, 0.15) is 11.6 Å². The second-order valence-electron chi connectivity index (χ2n) is 7.12. The minimum atomic E-state index is -0.741. The molecule has 25 heavy (non-hydrogen) atoms.